The van der Waals surface area contributed by atoms with Crippen molar-refractivity contribution in [3.8, 4) is 0 Å². The number of rotatable bonds is 4. The van der Waals surface area contributed by atoms with Crippen LogP contribution in [0.15, 0.2) is 0 Å². The molecule has 0 radical (unpaired) electrons. The van der Waals surface area contributed by atoms with E-state index in [9.17, 15) is 8.42 Å². The van der Waals surface area contributed by atoms with E-state index in [-0.39, 0.29) is 12.0 Å². The first-order chi connectivity index (χ1) is 8.25. The highest BCUT2D eigenvalue weighted by Gasteiger charge is 2.34. The van der Waals surface area contributed by atoms with E-state index in [0.717, 1.165) is 25.7 Å². The maximum Gasteiger partial charge on any atom is 0.229 e. The largest absolute Gasteiger partial charge is 0.376 e. The maximum atomic E-state index is 11.9. The first kappa shape index (κ1) is 15.6. The Bertz CT molecular complexity index is 389. The standard InChI is InChI=1S/C10H22N4O2S2/c1-14(2)18(15,16)9(11)7-3-5-8(6-4-7)13-10(12)17/h7-9H,3-6,11H2,1-2H3,(H3,12,13,17)/t7-,8-,9?. The lowest BCUT2D eigenvalue weighted by molar-refractivity contribution is 0.297. The highest BCUT2D eigenvalue weighted by Crippen LogP contribution is 2.28. The number of nitrogens with zero attached hydrogens (tertiary/aromatic N) is 1. The molecule has 5 N–H and O–H groups in total. The minimum absolute atomic E-state index is 0.00166. The van der Waals surface area contributed by atoms with Crippen molar-refractivity contribution in [3.05, 3.63) is 0 Å². The predicted molar refractivity (Wildman–Crippen MR) is 76.2 cm³/mol. The van der Waals surface area contributed by atoms with Gasteiger partial charge in [0.25, 0.3) is 0 Å². The third-order valence-electron chi connectivity index (χ3n) is 3.44. The molecule has 0 heterocycles. The number of nitrogens with two attached hydrogens (primary N) is 2. The molecule has 1 atom stereocenters. The van der Waals surface area contributed by atoms with E-state index < -0.39 is 15.4 Å². The SMILES string of the molecule is CN(C)S(=O)(=O)C(N)[C@H]1CC[C@H](NC(N)=S)CC1. The second kappa shape index (κ2) is 6.14. The van der Waals surface area contributed by atoms with E-state index in [2.05, 4.69) is 5.32 Å². The van der Waals surface area contributed by atoms with E-state index >= 15 is 0 Å². The van der Waals surface area contributed by atoms with Crippen LogP contribution in [0.1, 0.15) is 25.7 Å². The number of thiocarbonyl (C=S) groups is 1. The summed E-state index contributed by atoms with van der Waals surface area (Å²) in [6.07, 6.45) is 3.24. The highest BCUT2D eigenvalue weighted by atomic mass is 32.2. The normalized spacial score (nSPS) is 26.9. The summed E-state index contributed by atoms with van der Waals surface area (Å²) in [5.41, 5.74) is 11.3. The summed E-state index contributed by atoms with van der Waals surface area (Å²) in [5.74, 6) is 0.00166. The summed E-state index contributed by atoms with van der Waals surface area (Å²) < 4.78 is 25.1. The lowest BCUT2D eigenvalue weighted by atomic mass is 9.86. The molecule has 1 fully saturated rings. The van der Waals surface area contributed by atoms with Gasteiger partial charge >= 0.3 is 0 Å². The second-order valence-corrected chi connectivity index (χ2v) is 7.66. The molecule has 0 saturated heterocycles. The zero-order valence-electron chi connectivity index (χ0n) is 10.8. The van der Waals surface area contributed by atoms with Crippen LogP contribution in [0.2, 0.25) is 0 Å². The van der Waals surface area contributed by atoms with E-state index in [1.807, 2.05) is 0 Å². The summed E-state index contributed by atoms with van der Waals surface area (Å²) >= 11 is 4.79. The third-order valence-corrected chi connectivity index (χ3v) is 5.64. The van der Waals surface area contributed by atoms with E-state index in [4.69, 9.17) is 23.7 Å². The van der Waals surface area contributed by atoms with E-state index in [1.54, 1.807) is 0 Å². The minimum Gasteiger partial charge on any atom is -0.376 e. The Morgan fingerprint density at radius 1 is 1.33 bits per heavy atom. The molecule has 0 aliphatic heterocycles. The van der Waals surface area contributed by atoms with Crippen LogP contribution in [0.4, 0.5) is 0 Å². The summed E-state index contributed by atoms with van der Waals surface area (Å²) in [5, 5.41) is 2.49. The van der Waals surface area contributed by atoms with Crippen molar-refractivity contribution in [2.24, 2.45) is 17.4 Å². The molecule has 0 amide bonds. The van der Waals surface area contributed by atoms with Crippen LogP contribution in [-0.4, -0.2) is 43.3 Å². The van der Waals surface area contributed by atoms with Crippen LogP contribution in [-0.2, 0) is 10.0 Å². The minimum atomic E-state index is -3.38. The molecule has 18 heavy (non-hydrogen) atoms. The zero-order valence-corrected chi connectivity index (χ0v) is 12.4. The third kappa shape index (κ3) is 3.78. The Morgan fingerprint density at radius 2 is 1.83 bits per heavy atom. The Hall–Kier alpha value is -0.440. The number of hydrogen-bond acceptors (Lipinski definition) is 4. The summed E-state index contributed by atoms with van der Waals surface area (Å²) in [6, 6.07) is 0.244. The molecule has 0 aromatic carbocycles. The molecular formula is C10H22N4O2S2. The van der Waals surface area contributed by atoms with Crippen molar-refractivity contribution in [3.63, 3.8) is 0 Å². The van der Waals surface area contributed by atoms with E-state index in [0.29, 0.717) is 5.11 Å². The van der Waals surface area contributed by atoms with Crippen molar-refractivity contribution in [2.45, 2.75) is 37.1 Å². The van der Waals surface area contributed by atoms with Crippen LogP contribution in [0.25, 0.3) is 0 Å². The molecule has 0 spiro atoms. The zero-order chi connectivity index (χ0) is 13.9. The molecule has 1 aliphatic carbocycles. The monoisotopic (exact) mass is 294 g/mol. The Kier molecular flexibility index (Phi) is 5.32. The van der Waals surface area contributed by atoms with Crippen LogP contribution in [0.3, 0.4) is 0 Å². The van der Waals surface area contributed by atoms with Crippen molar-refractivity contribution < 1.29 is 8.42 Å². The fourth-order valence-electron chi connectivity index (χ4n) is 2.28. The van der Waals surface area contributed by atoms with Gasteiger partial charge in [0, 0.05) is 20.1 Å². The van der Waals surface area contributed by atoms with Gasteiger partial charge in [0.15, 0.2) is 5.11 Å². The Balaban J connectivity index is 2.55. The fourth-order valence-corrected chi connectivity index (χ4v) is 3.69. The van der Waals surface area contributed by atoms with Crippen LogP contribution in [0.5, 0.6) is 0 Å². The summed E-state index contributed by atoms with van der Waals surface area (Å²) in [4.78, 5) is 0. The summed E-state index contributed by atoms with van der Waals surface area (Å²) in [6.45, 7) is 0. The second-order valence-electron chi connectivity index (χ2n) is 4.91. The van der Waals surface area contributed by atoms with Gasteiger partial charge in [-0.2, -0.15) is 0 Å². The molecule has 0 bridgehead atoms. The quantitative estimate of drug-likeness (QED) is 0.607. The van der Waals surface area contributed by atoms with Gasteiger partial charge in [0.2, 0.25) is 10.0 Å². The molecule has 1 saturated carbocycles. The number of hydrogen-bond donors (Lipinski definition) is 3. The van der Waals surface area contributed by atoms with Crippen molar-refractivity contribution in [1.82, 2.24) is 9.62 Å². The average molecular weight is 294 g/mol. The highest BCUT2D eigenvalue weighted by molar-refractivity contribution is 7.89. The molecule has 1 unspecified atom stereocenters. The van der Waals surface area contributed by atoms with E-state index in [1.165, 1.54) is 18.4 Å². The molecule has 1 rings (SSSR count). The summed E-state index contributed by atoms with van der Waals surface area (Å²) in [7, 11) is -0.359. The maximum absolute atomic E-state index is 11.9. The predicted octanol–water partition coefficient (Wildman–Crippen LogP) is -0.445. The Labute approximate surface area is 114 Å². The van der Waals surface area contributed by atoms with Gasteiger partial charge in [-0.15, -0.1) is 0 Å². The smallest absolute Gasteiger partial charge is 0.229 e. The van der Waals surface area contributed by atoms with Crippen LogP contribution >= 0.6 is 12.2 Å². The Morgan fingerprint density at radius 3 is 2.22 bits per heavy atom. The molecule has 8 heteroatoms. The van der Waals surface area contributed by atoms with Crippen molar-refractivity contribution >= 4 is 27.4 Å². The van der Waals surface area contributed by atoms with Gasteiger partial charge in [-0.25, -0.2) is 12.7 Å². The lowest BCUT2D eigenvalue weighted by Gasteiger charge is -2.33. The average Bonchev–Trinajstić information content (AvgIpc) is 2.28. The van der Waals surface area contributed by atoms with Crippen molar-refractivity contribution in [2.75, 3.05) is 14.1 Å². The fraction of sp³-hybridized carbons (Fsp3) is 0.900. The van der Waals surface area contributed by atoms with Gasteiger partial charge in [0.05, 0.1) is 0 Å². The molecule has 0 aromatic rings. The van der Waals surface area contributed by atoms with Gasteiger partial charge in [0.1, 0.15) is 5.37 Å². The van der Waals surface area contributed by atoms with Crippen molar-refractivity contribution in [1.29, 1.82) is 0 Å². The lowest BCUT2D eigenvalue weighted by Crippen LogP contribution is -2.48. The van der Waals surface area contributed by atoms with Gasteiger partial charge in [-0.05, 0) is 43.8 Å². The molecule has 6 nitrogen and oxygen atoms in total. The van der Waals surface area contributed by atoms with Gasteiger partial charge in [-0.1, -0.05) is 0 Å². The number of sulfonamides is 1. The molecular weight excluding hydrogens is 272 g/mol. The molecule has 106 valence electrons. The topological polar surface area (TPSA) is 101 Å². The van der Waals surface area contributed by atoms with Crippen LogP contribution < -0.4 is 16.8 Å². The van der Waals surface area contributed by atoms with Gasteiger partial charge in [-0.3, -0.25) is 0 Å². The first-order valence-electron chi connectivity index (χ1n) is 5.98. The molecule has 0 aromatic heterocycles. The number of nitrogens with one attached hydrogen (secondary N) is 1. The first-order valence-corrected chi connectivity index (χ1v) is 7.89. The van der Waals surface area contributed by atoms with Gasteiger partial charge < -0.3 is 16.8 Å². The van der Waals surface area contributed by atoms with Crippen LogP contribution in [0, 0.1) is 5.92 Å². The molecule has 1 aliphatic rings.